The van der Waals surface area contributed by atoms with Crippen LogP contribution in [-0.4, -0.2) is 36.3 Å². The highest BCUT2D eigenvalue weighted by Gasteiger charge is 2.21. The van der Waals surface area contributed by atoms with E-state index in [-0.39, 0.29) is 18.4 Å². The molecule has 0 bridgehead atoms. The number of halogens is 1. The van der Waals surface area contributed by atoms with Gasteiger partial charge >= 0.3 is 0 Å². The Morgan fingerprint density at radius 3 is 2.15 bits per heavy atom. The lowest BCUT2D eigenvalue weighted by Gasteiger charge is -2.24. The van der Waals surface area contributed by atoms with Crippen LogP contribution in [0.4, 0.5) is 11.4 Å². The fraction of sp³-hybridized carbons (Fsp3) is 0.333. The van der Waals surface area contributed by atoms with Crippen molar-refractivity contribution in [2.24, 2.45) is 0 Å². The normalized spacial score (nSPS) is 12.0. The highest BCUT2D eigenvalue weighted by molar-refractivity contribution is 6.30. The van der Waals surface area contributed by atoms with Crippen LogP contribution >= 0.6 is 11.6 Å². The summed E-state index contributed by atoms with van der Waals surface area (Å²) < 4.78 is 0. The van der Waals surface area contributed by atoms with E-state index in [1.807, 2.05) is 32.9 Å². The average molecular weight is 388 g/mol. The molecule has 6 heteroatoms. The minimum atomic E-state index is -0.466. The van der Waals surface area contributed by atoms with Crippen LogP contribution in [0.5, 0.6) is 0 Å². The number of aryl methyl sites for hydroxylation is 3. The van der Waals surface area contributed by atoms with Crippen molar-refractivity contribution in [1.29, 1.82) is 0 Å². The highest BCUT2D eigenvalue weighted by atomic mass is 35.5. The van der Waals surface area contributed by atoms with Crippen molar-refractivity contribution in [2.75, 3.05) is 24.2 Å². The molecule has 5 nitrogen and oxygen atoms in total. The average Bonchev–Trinajstić information content (AvgIpc) is 2.59. The zero-order valence-corrected chi connectivity index (χ0v) is 17.1. The van der Waals surface area contributed by atoms with E-state index in [1.165, 1.54) is 0 Å². The van der Waals surface area contributed by atoms with Gasteiger partial charge in [-0.1, -0.05) is 29.3 Å². The predicted molar refractivity (Wildman–Crippen MR) is 111 cm³/mol. The molecule has 27 heavy (non-hydrogen) atoms. The maximum atomic E-state index is 12.4. The Balaban J connectivity index is 1.95. The van der Waals surface area contributed by atoms with Gasteiger partial charge in [0.15, 0.2) is 0 Å². The third-order valence-corrected chi connectivity index (χ3v) is 4.74. The standard InChI is InChI=1S/C21H26ClN3O2/c1-13-10-14(2)20(15(3)11-13)24-19(26)12-25(5)16(4)21(27)23-18-8-6-17(22)7-9-18/h6-11,16H,12H2,1-5H3,(H,23,27)(H,24,26)/t16-/m0/s1. The first-order valence-corrected chi connectivity index (χ1v) is 9.19. The summed E-state index contributed by atoms with van der Waals surface area (Å²) in [5, 5.41) is 6.39. The van der Waals surface area contributed by atoms with E-state index < -0.39 is 6.04 Å². The van der Waals surface area contributed by atoms with Gasteiger partial charge in [0, 0.05) is 16.4 Å². The Kier molecular flexibility index (Phi) is 6.99. The van der Waals surface area contributed by atoms with Gasteiger partial charge in [-0.3, -0.25) is 14.5 Å². The van der Waals surface area contributed by atoms with Crippen molar-refractivity contribution in [3.8, 4) is 0 Å². The largest absolute Gasteiger partial charge is 0.325 e. The van der Waals surface area contributed by atoms with Gasteiger partial charge in [-0.15, -0.1) is 0 Å². The number of benzene rings is 2. The Morgan fingerprint density at radius 1 is 1.04 bits per heavy atom. The molecule has 0 unspecified atom stereocenters. The number of likely N-dealkylation sites (N-methyl/N-ethyl adjacent to an activating group) is 1. The Hall–Kier alpha value is -2.37. The molecular formula is C21H26ClN3O2. The summed E-state index contributed by atoms with van der Waals surface area (Å²) in [6.07, 6.45) is 0. The number of amides is 2. The second kappa shape index (κ2) is 9.02. The summed E-state index contributed by atoms with van der Waals surface area (Å²) >= 11 is 5.85. The van der Waals surface area contributed by atoms with Gasteiger partial charge in [0.05, 0.1) is 12.6 Å². The molecule has 2 rings (SSSR count). The number of hydrogen-bond acceptors (Lipinski definition) is 3. The molecule has 2 aromatic rings. The summed E-state index contributed by atoms with van der Waals surface area (Å²) in [6.45, 7) is 7.85. The minimum Gasteiger partial charge on any atom is -0.325 e. The van der Waals surface area contributed by atoms with Crippen molar-refractivity contribution in [3.63, 3.8) is 0 Å². The van der Waals surface area contributed by atoms with Gasteiger partial charge in [0.1, 0.15) is 0 Å². The quantitative estimate of drug-likeness (QED) is 0.782. The molecule has 0 spiro atoms. The van der Waals surface area contributed by atoms with E-state index in [1.54, 1.807) is 43.1 Å². The molecule has 0 fully saturated rings. The molecule has 2 amide bonds. The first-order valence-electron chi connectivity index (χ1n) is 8.81. The smallest absolute Gasteiger partial charge is 0.241 e. The summed E-state index contributed by atoms with van der Waals surface area (Å²) in [6, 6.07) is 10.5. The highest BCUT2D eigenvalue weighted by Crippen LogP contribution is 2.22. The zero-order chi connectivity index (χ0) is 20.1. The number of anilines is 2. The lowest BCUT2D eigenvalue weighted by Crippen LogP contribution is -2.43. The topological polar surface area (TPSA) is 61.4 Å². The van der Waals surface area contributed by atoms with E-state index in [2.05, 4.69) is 10.6 Å². The second-order valence-corrected chi connectivity index (χ2v) is 7.35. The third kappa shape index (κ3) is 5.81. The van der Waals surface area contributed by atoms with Crippen LogP contribution in [0, 0.1) is 20.8 Å². The zero-order valence-electron chi connectivity index (χ0n) is 16.4. The Bertz CT molecular complexity index is 811. The molecule has 144 valence electrons. The molecule has 2 aromatic carbocycles. The molecule has 0 aliphatic rings. The first kappa shape index (κ1) is 20.9. The molecule has 0 radical (unpaired) electrons. The maximum Gasteiger partial charge on any atom is 0.241 e. The first-order chi connectivity index (χ1) is 12.7. The molecule has 1 atom stereocenters. The summed E-state index contributed by atoms with van der Waals surface area (Å²) in [4.78, 5) is 26.6. The lowest BCUT2D eigenvalue weighted by molar-refractivity contribution is -0.122. The van der Waals surface area contributed by atoms with Crippen molar-refractivity contribution >= 4 is 34.8 Å². The third-order valence-electron chi connectivity index (χ3n) is 4.49. The SMILES string of the molecule is Cc1cc(C)c(NC(=O)CN(C)[C@@H](C)C(=O)Nc2ccc(Cl)cc2)c(C)c1. The molecule has 0 aliphatic carbocycles. The molecular weight excluding hydrogens is 362 g/mol. The fourth-order valence-corrected chi connectivity index (χ4v) is 3.03. The van der Waals surface area contributed by atoms with Crippen LogP contribution in [-0.2, 0) is 9.59 Å². The Morgan fingerprint density at radius 2 is 1.59 bits per heavy atom. The van der Waals surface area contributed by atoms with E-state index in [9.17, 15) is 9.59 Å². The molecule has 2 N–H and O–H groups in total. The van der Waals surface area contributed by atoms with Gasteiger partial charge in [-0.2, -0.15) is 0 Å². The van der Waals surface area contributed by atoms with Gasteiger partial charge in [-0.25, -0.2) is 0 Å². The monoisotopic (exact) mass is 387 g/mol. The number of nitrogens with one attached hydrogen (secondary N) is 2. The molecule has 0 aromatic heterocycles. The molecule has 0 heterocycles. The second-order valence-electron chi connectivity index (χ2n) is 6.91. The predicted octanol–water partition coefficient (Wildman–Crippen LogP) is 4.16. The fourth-order valence-electron chi connectivity index (χ4n) is 2.90. The van der Waals surface area contributed by atoms with Crippen LogP contribution in [0.1, 0.15) is 23.6 Å². The van der Waals surface area contributed by atoms with E-state index in [4.69, 9.17) is 11.6 Å². The number of carbonyl (C=O) groups excluding carboxylic acids is 2. The maximum absolute atomic E-state index is 12.4. The number of hydrogen-bond donors (Lipinski definition) is 2. The van der Waals surface area contributed by atoms with Gasteiger partial charge < -0.3 is 10.6 Å². The number of carbonyl (C=O) groups is 2. The summed E-state index contributed by atoms with van der Waals surface area (Å²) in [5.74, 6) is -0.339. The van der Waals surface area contributed by atoms with Crippen molar-refractivity contribution in [3.05, 3.63) is 58.1 Å². The summed E-state index contributed by atoms with van der Waals surface area (Å²) in [5.41, 5.74) is 4.71. The van der Waals surface area contributed by atoms with Crippen LogP contribution < -0.4 is 10.6 Å². The number of nitrogens with zero attached hydrogens (tertiary/aromatic N) is 1. The van der Waals surface area contributed by atoms with E-state index >= 15 is 0 Å². The summed E-state index contributed by atoms with van der Waals surface area (Å²) in [7, 11) is 1.75. The molecule has 0 saturated heterocycles. The van der Waals surface area contributed by atoms with Crippen molar-refractivity contribution in [1.82, 2.24) is 4.90 Å². The number of rotatable bonds is 6. The van der Waals surface area contributed by atoms with Gasteiger partial charge in [0.25, 0.3) is 0 Å². The van der Waals surface area contributed by atoms with Crippen molar-refractivity contribution < 1.29 is 9.59 Å². The van der Waals surface area contributed by atoms with E-state index in [0.717, 1.165) is 22.4 Å². The van der Waals surface area contributed by atoms with Gasteiger partial charge in [0.2, 0.25) is 11.8 Å². The van der Waals surface area contributed by atoms with Crippen LogP contribution in [0.2, 0.25) is 5.02 Å². The minimum absolute atomic E-state index is 0.113. The Labute approximate surface area is 165 Å². The van der Waals surface area contributed by atoms with Gasteiger partial charge in [-0.05, 0) is 70.1 Å². The van der Waals surface area contributed by atoms with Crippen molar-refractivity contribution in [2.45, 2.75) is 33.7 Å². The van der Waals surface area contributed by atoms with Crippen LogP contribution in [0.15, 0.2) is 36.4 Å². The lowest BCUT2D eigenvalue weighted by atomic mass is 10.1. The van der Waals surface area contributed by atoms with Crippen LogP contribution in [0.3, 0.4) is 0 Å². The molecule has 0 saturated carbocycles. The van der Waals surface area contributed by atoms with Crippen LogP contribution in [0.25, 0.3) is 0 Å². The van der Waals surface area contributed by atoms with E-state index in [0.29, 0.717) is 10.7 Å². The molecule has 0 aliphatic heterocycles.